The Bertz CT molecular complexity index is 1040. The van der Waals surface area contributed by atoms with E-state index in [1.54, 1.807) is 17.5 Å². The molecule has 0 radical (unpaired) electrons. The van der Waals surface area contributed by atoms with Crippen LogP contribution in [0.15, 0.2) is 70.3 Å². The van der Waals surface area contributed by atoms with Gasteiger partial charge in [-0.25, -0.2) is 13.1 Å². The molecule has 0 saturated carbocycles. The zero-order valence-corrected chi connectivity index (χ0v) is 17.4. The Morgan fingerprint density at radius 3 is 2.04 bits per heavy atom. The van der Waals surface area contributed by atoms with Crippen molar-refractivity contribution in [2.75, 3.05) is 0 Å². The van der Waals surface area contributed by atoms with Gasteiger partial charge in [0.2, 0.25) is 10.0 Å². The van der Waals surface area contributed by atoms with E-state index < -0.39 is 10.0 Å². The Hall–Kier alpha value is -2.39. The molecule has 1 aromatic heterocycles. The minimum absolute atomic E-state index is 0.257. The number of hydrogen-bond donors (Lipinski definition) is 1. The highest BCUT2D eigenvalue weighted by atomic mass is 32.2. The van der Waals surface area contributed by atoms with Crippen LogP contribution in [-0.4, -0.2) is 8.42 Å². The molecule has 0 aliphatic rings. The molecule has 0 amide bonds. The maximum atomic E-state index is 12.2. The zero-order chi connectivity index (χ0) is 19.8. The van der Waals surface area contributed by atoms with Gasteiger partial charge >= 0.3 is 0 Å². The topological polar surface area (TPSA) is 46.2 Å². The average Bonchev–Trinajstić information content (AvgIpc) is 3.27. The SMILES string of the molecule is CCCCc1ccc(C#Cc2ccc(CNS(=O)(=O)c3cccs3)cc2)cc1. The van der Waals surface area contributed by atoms with Gasteiger partial charge in [-0.1, -0.05) is 55.5 Å². The van der Waals surface area contributed by atoms with Gasteiger partial charge in [0.05, 0.1) is 0 Å². The van der Waals surface area contributed by atoms with Gasteiger partial charge in [0.25, 0.3) is 0 Å². The highest BCUT2D eigenvalue weighted by Gasteiger charge is 2.14. The van der Waals surface area contributed by atoms with Gasteiger partial charge in [-0.2, -0.15) is 0 Å². The van der Waals surface area contributed by atoms with E-state index in [-0.39, 0.29) is 6.54 Å². The third-order valence-electron chi connectivity index (χ3n) is 4.30. The summed E-state index contributed by atoms with van der Waals surface area (Å²) in [5, 5.41) is 1.75. The Morgan fingerprint density at radius 1 is 0.893 bits per heavy atom. The van der Waals surface area contributed by atoms with Crippen LogP contribution in [0, 0.1) is 11.8 Å². The molecular formula is C23H23NO2S2. The number of aryl methyl sites for hydroxylation is 1. The largest absolute Gasteiger partial charge is 0.250 e. The molecule has 28 heavy (non-hydrogen) atoms. The van der Waals surface area contributed by atoms with Crippen LogP contribution in [0.5, 0.6) is 0 Å². The van der Waals surface area contributed by atoms with Crippen molar-refractivity contribution in [1.29, 1.82) is 0 Å². The van der Waals surface area contributed by atoms with Crippen molar-refractivity contribution in [2.45, 2.75) is 36.9 Å². The van der Waals surface area contributed by atoms with Crippen molar-refractivity contribution in [3.63, 3.8) is 0 Å². The van der Waals surface area contributed by atoms with Crippen molar-refractivity contribution >= 4 is 21.4 Å². The fraction of sp³-hybridized carbons (Fsp3) is 0.217. The lowest BCUT2D eigenvalue weighted by molar-refractivity contribution is 0.583. The number of sulfonamides is 1. The quantitative estimate of drug-likeness (QED) is 0.560. The molecule has 0 fully saturated rings. The number of rotatable bonds is 7. The van der Waals surface area contributed by atoms with Gasteiger partial charge in [0, 0.05) is 17.7 Å². The summed E-state index contributed by atoms with van der Waals surface area (Å²) in [6.45, 7) is 2.46. The van der Waals surface area contributed by atoms with Gasteiger partial charge in [-0.15, -0.1) is 11.3 Å². The van der Waals surface area contributed by atoms with Crippen molar-refractivity contribution in [3.8, 4) is 11.8 Å². The van der Waals surface area contributed by atoms with E-state index in [1.165, 1.54) is 29.7 Å². The van der Waals surface area contributed by atoms with Gasteiger partial charge in [0.1, 0.15) is 4.21 Å². The molecule has 0 saturated heterocycles. The Kier molecular flexibility index (Phi) is 7.05. The van der Waals surface area contributed by atoms with Gasteiger partial charge < -0.3 is 0 Å². The van der Waals surface area contributed by atoms with Gasteiger partial charge in [-0.3, -0.25) is 0 Å². The summed E-state index contributed by atoms with van der Waals surface area (Å²) >= 11 is 1.21. The standard InChI is InChI=1S/C23H23NO2S2/c1-2-3-5-19-7-9-20(10-8-19)11-12-21-13-15-22(16-14-21)18-24-28(25,26)23-6-4-17-27-23/h4,6-10,13-17,24H,2-3,5,18H2,1H3. The molecule has 144 valence electrons. The fourth-order valence-electron chi connectivity index (χ4n) is 2.65. The first-order valence-electron chi connectivity index (χ1n) is 9.30. The number of benzene rings is 2. The molecule has 5 heteroatoms. The van der Waals surface area contributed by atoms with Crippen LogP contribution in [0.25, 0.3) is 0 Å². The minimum Gasteiger partial charge on any atom is -0.206 e. The first-order valence-corrected chi connectivity index (χ1v) is 11.7. The summed E-state index contributed by atoms with van der Waals surface area (Å²) in [4.78, 5) is 0. The van der Waals surface area contributed by atoms with Crippen LogP contribution in [0.1, 0.15) is 42.0 Å². The second-order valence-corrected chi connectivity index (χ2v) is 9.45. The minimum atomic E-state index is -3.44. The summed E-state index contributed by atoms with van der Waals surface area (Å²) < 4.78 is 27.3. The molecule has 0 spiro atoms. The summed E-state index contributed by atoms with van der Waals surface area (Å²) in [6.07, 6.45) is 3.52. The van der Waals surface area contributed by atoms with E-state index in [1.807, 2.05) is 24.3 Å². The number of nitrogens with one attached hydrogen (secondary N) is 1. The lowest BCUT2D eigenvalue weighted by Gasteiger charge is -2.05. The second kappa shape index (κ2) is 9.70. The predicted octanol–water partition coefficient (Wildman–Crippen LogP) is 4.97. The number of unbranched alkanes of at least 4 members (excludes halogenated alkanes) is 1. The van der Waals surface area contributed by atoms with Crippen molar-refractivity contribution in [1.82, 2.24) is 4.72 Å². The first-order chi connectivity index (χ1) is 13.6. The van der Waals surface area contributed by atoms with E-state index >= 15 is 0 Å². The highest BCUT2D eigenvalue weighted by Crippen LogP contribution is 2.16. The lowest BCUT2D eigenvalue weighted by atomic mass is 10.1. The molecule has 0 bridgehead atoms. The Labute approximate surface area is 171 Å². The van der Waals surface area contributed by atoms with Crippen LogP contribution in [0.3, 0.4) is 0 Å². The smallest absolute Gasteiger partial charge is 0.206 e. The summed E-state index contributed by atoms with van der Waals surface area (Å²) in [7, 11) is -3.44. The third kappa shape index (κ3) is 5.80. The summed E-state index contributed by atoms with van der Waals surface area (Å²) in [6, 6.07) is 19.4. The highest BCUT2D eigenvalue weighted by molar-refractivity contribution is 7.91. The average molecular weight is 410 g/mol. The van der Waals surface area contributed by atoms with Gasteiger partial charge in [0.15, 0.2) is 0 Å². The molecule has 1 heterocycles. The van der Waals surface area contributed by atoms with E-state index in [2.05, 4.69) is 47.8 Å². The molecule has 0 unspecified atom stereocenters. The van der Waals surface area contributed by atoms with Crippen LogP contribution in [0.4, 0.5) is 0 Å². The van der Waals surface area contributed by atoms with Crippen molar-refractivity contribution in [2.24, 2.45) is 0 Å². The fourth-order valence-corrected chi connectivity index (χ4v) is 4.71. The zero-order valence-electron chi connectivity index (χ0n) is 15.8. The maximum Gasteiger partial charge on any atom is 0.250 e. The molecular weight excluding hydrogens is 386 g/mol. The number of thiophene rings is 1. The van der Waals surface area contributed by atoms with E-state index in [0.29, 0.717) is 4.21 Å². The van der Waals surface area contributed by atoms with Crippen LogP contribution >= 0.6 is 11.3 Å². The molecule has 3 nitrogen and oxygen atoms in total. The van der Waals surface area contributed by atoms with Crippen molar-refractivity contribution in [3.05, 3.63) is 88.3 Å². The normalized spacial score (nSPS) is 11.0. The maximum absolute atomic E-state index is 12.2. The summed E-state index contributed by atoms with van der Waals surface area (Å²) in [5.74, 6) is 6.34. The van der Waals surface area contributed by atoms with Crippen molar-refractivity contribution < 1.29 is 8.42 Å². The Balaban J connectivity index is 1.58. The molecule has 0 atom stereocenters. The van der Waals surface area contributed by atoms with E-state index in [9.17, 15) is 8.42 Å². The predicted molar refractivity (Wildman–Crippen MR) is 116 cm³/mol. The molecule has 3 aromatic rings. The number of hydrogen-bond acceptors (Lipinski definition) is 3. The first kappa shape index (κ1) is 20.3. The third-order valence-corrected chi connectivity index (χ3v) is 7.10. The molecule has 0 aliphatic heterocycles. The van der Waals surface area contributed by atoms with Gasteiger partial charge in [-0.05, 0) is 59.7 Å². The lowest BCUT2D eigenvalue weighted by Crippen LogP contribution is -2.22. The monoisotopic (exact) mass is 409 g/mol. The molecule has 0 aliphatic carbocycles. The molecule has 2 aromatic carbocycles. The van der Waals surface area contributed by atoms with E-state index in [4.69, 9.17) is 0 Å². The molecule has 3 rings (SSSR count). The Morgan fingerprint density at radius 2 is 1.50 bits per heavy atom. The van der Waals surface area contributed by atoms with Crippen LogP contribution in [0.2, 0.25) is 0 Å². The second-order valence-electron chi connectivity index (χ2n) is 6.50. The van der Waals surface area contributed by atoms with Crippen LogP contribution < -0.4 is 4.72 Å². The summed E-state index contributed by atoms with van der Waals surface area (Å²) in [5.41, 5.74) is 4.14. The molecule has 1 N–H and O–H groups in total. The van der Waals surface area contributed by atoms with E-state index in [0.717, 1.165) is 23.1 Å². The van der Waals surface area contributed by atoms with Crippen LogP contribution in [-0.2, 0) is 23.0 Å².